The van der Waals surface area contributed by atoms with Gasteiger partial charge < -0.3 is 4.74 Å². The number of hydrogen-bond acceptors (Lipinski definition) is 5. The lowest BCUT2D eigenvalue weighted by Gasteiger charge is -2.17. The van der Waals surface area contributed by atoms with Gasteiger partial charge in [-0.1, -0.05) is 13.8 Å². The van der Waals surface area contributed by atoms with Crippen molar-refractivity contribution in [3.63, 3.8) is 0 Å². The fourth-order valence-corrected chi connectivity index (χ4v) is 1.57. The predicted molar refractivity (Wildman–Crippen MR) is 63.1 cm³/mol. The molecule has 6 heteroatoms. The summed E-state index contributed by atoms with van der Waals surface area (Å²) in [6.45, 7) is 4.64. The molecule has 0 radical (unpaired) electrons. The van der Waals surface area contributed by atoms with Crippen LogP contribution in [-0.4, -0.2) is 33.9 Å². The normalized spacial score (nSPS) is 12.8. The van der Waals surface area contributed by atoms with Crippen molar-refractivity contribution in [3.05, 3.63) is 12.2 Å². The summed E-state index contributed by atoms with van der Waals surface area (Å²) >= 11 is 0. The van der Waals surface area contributed by atoms with Gasteiger partial charge in [-0.25, -0.2) is 4.98 Å². The highest BCUT2D eigenvalue weighted by Crippen LogP contribution is 2.06. The number of carbonyl (C=O) groups is 1. The maximum Gasteiger partial charge on any atom is 0.322 e. The summed E-state index contributed by atoms with van der Waals surface area (Å²) in [4.78, 5) is 15.7. The highest BCUT2D eigenvalue weighted by molar-refractivity contribution is 5.75. The van der Waals surface area contributed by atoms with Crippen molar-refractivity contribution in [1.29, 1.82) is 0 Å². The first-order valence-corrected chi connectivity index (χ1v) is 5.68. The molecule has 1 rings (SSSR count). The Morgan fingerprint density at radius 2 is 2.29 bits per heavy atom. The summed E-state index contributed by atoms with van der Waals surface area (Å²) in [6, 6.07) is -0.295. The molecule has 1 aromatic rings. The monoisotopic (exact) mass is 240 g/mol. The molecule has 0 aliphatic rings. The van der Waals surface area contributed by atoms with E-state index in [9.17, 15) is 4.79 Å². The van der Waals surface area contributed by atoms with E-state index in [1.165, 1.54) is 13.4 Å². The zero-order valence-corrected chi connectivity index (χ0v) is 10.8. The van der Waals surface area contributed by atoms with Crippen molar-refractivity contribution in [2.24, 2.45) is 13.0 Å². The van der Waals surface area contributed by atoms with Gasteiger partial charge in [-0.15, -0.1) is 0 Å². The number of nitrogens with one attached hydrogen (secondary N) is 1. The van der Waals surface area contributed by atoms with Crippen LogP contribution in [0.25, 0.3) is 0 Å². The van der Waals surface area contributed by atoms with E-state index in [0.717, 1.165) is 12.2 Å². The second kappa shape index (κ2) is 6.34. The topological polar surface area (TPSA) is 69.0 Å². The summed E-state index contributed by atoms with van der Waals surface area (Å²) in [5.74, 6) is 0.981. The van der Waals surface area contributed by atoms with E-state index in [1.54, 1.807) is 4.68 Å². The number of carbonyl (C=O) groups excluding carboxylic acids is 1. The molecule has 0 saturated carbocycles. The molecule has 0 bridgehead atoms. The number of ether oxygens (including phenoxy) is 1. The lowest BCUT2D eigenvalue weighted by atomic mass is 10.0. The second-order valence-electron chi connectivity index (χ2n) is 4.39. The van der Waals surface area contributed by atoms with Crippen LogP contribution in [-0.2, 0) is 23.1 Å². The van der Waals surface area contributed by atoms with E-state index >= 15 is 0 Å². The minimum atomic E-state index is -0.295. The van der Waals surface area contributed by atoms with Gasteiger partial charge in [0, 0.05) is 7.05 Å². The van der Waals surface area contributed by atoms with Crippen molar-refractivity contribution >= 4 is 5.97 Å². The largest absolute Gasteiger partial charge is 0.468 e. The van der Waals surface area contributed by atoms with E-state index in [-0.39, 0.29) is 12.0 Å². The minimum Gasteiger partial charge on any atom is -0.468 e. The molecule has 6 nitrogen and oxygen atoms in total. The quantitative estimate of drug-likeness (QED) is 0.733. The maximum absolute atomic E-state index is 11.6. The number of hydrogen-bond donors (Lipinski definition) is 1. The molecule has 1 aromatic heterocycles. The van der Waals surface area contributed by atoms with Crippen molar-refractivity contribution in [3.8, 4) is 0 Å². The van der Waals surface area contributed by atoms with Gasteiger partial charge in [0.1, 0.15) is 18.2 Å². The van der Waals surface area contributed by atoms with Gasteiger partial charge in [0.15, 0.2) is 0 Å². The van der Waals surface area contributed by atoms with Crippen LogP contribution in [0.4, 0.5) is 0 Å². The molecule has 0 amide bonds. The Morgan fingerprint density at radius 3 is 2.76 bits per heavy atom. The Bertz CT molecular complexity index is 362. The number of esters is 1. The molecule has 1 atom stereocenters. The van der Waals surface area contributed by atoms with E-state index in [4.69, 9.17) is 4.74 Å². The first-order chi connectivity index (χ1) is 8.04. The van der Waals surface area contributed by atoms with Crippen LogP contribution in [0.2, 0.25) is 0 Å². The van der Waals surface area contributed by atoms with E-state index < -0.39 is 0 Å². The average Bonchev–Trinajstić information content (AvgIpc) is 2.68. The molecule has 0 saturated heterocycles. The average molecular weight is 240 g/mol. The molecule has 0 aliphatic carbocycles. The Kier molecular flexibility index (Phi) is 5.09. The summed E-state index contributed by atoms with van der Waals surface area (Å²) in [5.41, 5.74) is 0. The van der Waals surface area contributed by atoms with Crippen molar-refractivity contribution in [2.45, 2.75) is 32.9 Å². The molecular formula is C11H20N4O2. The Labute approximate surface area is 101 Å². The Morgan fingerprint density at radius 1 is 1.59 bits per heavy atom. The Balaban J connectivity index is 2.55. The van der Waals surface area contributed by atoms with Gasteiger partial charge in [-0.2, -0.15) is 5.10 Å². The highest BCUT2D eigenvalue weighted by Gasteiger charge is 2.20. The molecule has 0 fully saturated rings. The van der Waals surface area contributed by atoms with Gasteiger partial charge in [0.25, 0.3) is 0 Å². The van der Waals surface area contributed by atoms with Crippen LogP contribution in [0.1, 0.15) is 26.1 Å². The molecule has 1 heterocycles. The van der Waals surface area contributed by atoms with E-state index in [1.807, 2.05) is 7.05 Å². The third-order valence-electron chi connectivity index (χ3n) is 2.50. The van der Waals surface area contributed by atoms with Crippen molar-refractivity contribution in [2.75, 3.05) is 7.11 Å². The number of methoxy groups -OCH3 is 1. The van der Waals surface area contributed by atoms with Crippen LogP contribution in [0.5, 0.6) is 0 Å². The zero-order chi connectivity index (χ0) is 12.8. The fraction of sp³-hybridized carbons (Fsp3) is 0.727. The molecule has 1 unspecified atom stereocenters. The zero-order valence-electron chi connectivity index (χ0n) is 10.8. The van der Waals surface area contributed by atoms with Gasteiger partial charge >= 0.3 is 5.97 Å². The highest BCUT2D eigenvalue weighted by atomic mass is 16.5. The SMILES string of the molecule is COC(=O)C(CC(C)C)NCc1ncnn1C. The summed E-state index contributed by atoms with van der Waals surface area (Å²) < 4.78 is 6.45. The van der Waals surface area contributed by atoms with Crippen LogP contribution in [0.3, 0.4) is 0 Å². The molecule has 0 spiro atoms. The van der Waals surface area contributed by atoms with Gasteiger partial charge in [-0.05, 0) is 12.3 Å². The van der Waals surface area contributed by atoms with Gasteiger partial charge in [-0.3, -0.25) is 14.8 Å². The lowest BCUT2D eigenvalue weighted by molar-refractivity contribution is -0.143. The number of nitrogens with zero attached hydrogens (tertiary/aromatic N) is 3. The number of rotatable bonds is 6. The molecule has 17 heavy (non-hydrogen) atoms. The van der Waals surface area contributed by atoms with Crippen LogP contribution < -0.4 is 5.32 Å². The molecule has 96 valence electrons. The molecular weight excluding hydrogens is 220 g/mol. The van der Waals surface area contributed by atoms with Crippen LogP contribution in [0.15, 0.2) is 6.33 Å². The minimum absolute atomic E-state index is 0.235. The summed E-state index contributed by atoms with van der Waals surface area (Å²) in [6.07, 6.45) is 2.23. The van der Waals surface area contributed by atoms with E-state index in [0.29, 0.717) is 12.5 Å². The third kappa shape index (κ3) is 4.14. The standard InChI is InChI=1S/C11H20N4O2/c1-8(2)5-9(11(16)17-4)12-6-10-13-7-14-15(10)3/h7-9,12H,5-6H2,1-4H3. The van der Waals surface area contributed by atoms with Crippen molar-refractivity contribution < 1.29 is 9.53 Å². The van der Waals surface area contributed by atoms with Gasteiger partial charge in [0.05, 0.1) is 13.7 Å². The van der Waals surface area contributed by atoms with Crippen LogP contribution >= 0.6 is 0 Å². The number of aromatic nitrogens is 3. The smallest absolute Gasteiger partial charge is 0.322 e. The summed E-state index contributed by atoms with van der Waals surface area (Å²) in [5, 5.41) is 7.12. The molecule has 0 aromatic carbocycles. The molecule has 0 aliphatic heterocycles. The van der Waals surface area contributed by atoms with Gasteiger partial charge in [0.2, 0.25) is 0 Å². The summed E-state index contributed by atoms with van der Waals surface area (Å²) in [7, 11) is 3.22. The Hall–Kier alpha value is -1.43. The molecule has 1 N–H and O–H groups in total. The first kappa shape index (κ1) is 13.6. The fourth-order valence-electron chi connectivity index (χ4n) is 1.57. The second-order valence-corrected chi connectivity index (χ2v) is 4.39. The van der Waals surface area contributed by atoms with Crippen molar-refractivity contribution in [1.82, 2.24) is 20.1 Å². The first-order valence-electron chi connectivity index (χ1n) is 5.68. The maximum atomic E-state index is 11.6. The number of aryl methyl sites for hydroxylation is 1. The third-order valence-corrected chi connectivity index (χ3v) is 2.50. The van der Waals surface area contributed by atoms with E-state index in [2.05, 4.69) is 29.2 Å². The lowest BCUT2D eigenvalue weighted by Crippen LogP contribution is -2.38. The predicted octanol–water partition coefficient (Wildman–Crippen LogP) is 0.492. The van der Waals surface area contributed by atoms with Crippen LogP contribution in [0, 0.1) is 5.92 Å².